The Bertz CT molecular complexity index is 590. The Morgan fingerprint density at radius 2 is 2.24 bits per heavy atom. The molecule has 0 spiro atoms. The van der Waals surface area contributed by atoms with Gasteiger partial charge in [0.2, 0.25) is 5.91 Å². The number of carbonyl (C=O) groups is 1. The molecule has 6 nitrogen and oxygen atoms in total. The third-order valence-electron chi connectivity index (χ3n) is 3.63. The Labute approximate surface area is 123 Å². The minimum atomic E-state index is 0.00341. The molecule has 2 aromatic heterocycles. The Hall–Kier alpha value is -2.50. The number of pyridine rings is 1. The smallest absolute Gasteiger partial charge is 0.225 e. The molecule has 0 saturated carbocycles. The van der Waals surface area contributed by atoms with Crippen LogP contribution in [0.5, 0.6) is 0 Å². The van der Waals surface area contributed by atoms with E-state index in [9.17, 15) is 4.79 Å². The highest BCUT2D eigenvalue weighted by Crippen LogP contribution is 2.21. The third kappa shape index (κ3) is 3.34. The summed E-state index contributed by atoms with van der Waals surface area (Å²) in [6.45, 7) is 2.05. The summed E-state index contributed by atoms with van der Waals surface area (Å²) >= 11 is 0. The minimum absolute atomic E-state index is 0.00341. The van der Waals surface area contributed by atoms with Gasteiger partial charge in [-0.05, 0) is 30.2 Å². The first-order valence-electron chi connectivity index (χ1n) is 7.02. The zero-order chi connectivity index (χ0) is 14.5. The van der Waals surface area contributed by atoms with Gasteiger partial charge in [-0.15, -0.1) is 5.10 Å². The highest BCUT2D eigenvalue weighted by atomic mass is 16.1. The minimum Gasteiger partial charge on any atom is -0.354 e. The maximum atomic E-state index is 12.2. The summed E-state index contributed by atoms with van der Waals surface area (Å²) < 4.78 is 0. The normalized spacial score (nSPS) is 17.7. The van der Waals surface area contributed by atoms with Crippen molar-refractivity contribution in [3.05, 3.63) is 48.4 Å². The molecule has 3 heterocycles. The predicted octanol–water partition coefficient (Wildman–Crippen LogP) is 1.01. The molecule has 2 aromatic rings. The van der Waals surface area contributed by atoms with E-state index in [4.69, 9.17) is 0 Å². The molecule has 3 rings (SSSR count). The number of rotatable bonds is 4. The molecule has 108 valence electrons. The molecule has 1 aliphatic heterocycles. The van der Waals surface area contributed by atoms with E-state index in [1.807, 2.05) is 24.3 Å². The van der Waals surface area contributed by atoms with Crippen LogP contribution in [-0.2, 0) is 11.3 Å². The van der Waals surface area contributed by atoms with E-state index >= 15 is 0 Å². The van der Waals surface area contributed by atoms with Gasteiger partial charge >= 0.3 is 0 Å². The van der Waals surface area contributed by atoms with Crippen LogP contribution in [0.25, 0.3) is 0 Å². The summed E-state index contributed by atoms with van der Waals surface area (Å²) in [5.74, 6) is 0.925. The fourth-order valence-corrected chi connectivity index (χ4v) is 2.48. The lowest BCUT2D eigenvalue weighted by atomic mass is 10.1. The van der Waals surface area contributed by atoms with E-state index in [2.05, 4.69) is 25.4 Å². The van der Waals surface area contributed by atoms with Crippen LogP contribution < -0.4 is 10.2 Å². The maximum absolute atomic E-state index is 12.2. The van der Waals surface area contributed by atoms with Crippen LogP contribution in [-0.4, -0.2) is 34.2 Å². The van der Waals surface area contributed by atoms with Crippen molar-refractivity contribution in [2.75, 3.05) is 18.0 Å². The van der Waals surface area contributed by atoms with Crippen molar-refractivity contribution >= 4 is 11.7 Å². The average Bonchev–Trinajstić information content (AvgIpc) is 3.04. The molecule has 0 aliphatic carbocycles. The molecule has 1 saturated heterocycles. The van der Waals surface area contributed by atoms with E-state index < -0.39 is 0 Å². The molecule has 1 amide bonds. The van der Waals surface area contributed by atoms with E-state index in [0.29, 0.717) is 13.1 Å². The van der Waals surface area contributed by atoms with Gasteiger partial charge < -0.3 is 10.2 Å². The fourth-order valence-electron chi connectivity index (χ4n) is 2.48. The summed E-state index contributed by atoms with van der Waals surface area (Å²) in [5.41, 5.74) is 1.01. The summed E-state index contributed by atoms with van der Waals surface area (Å²) in [4.78, 5) is 18.3. The fraction of sp³-hybridized carbons (Fsp3) is 0.333. The lowest BCUT2D eigenvalue weighted by molar-refractivity contribution is -0.124. The summed E-state index contributed by atoms with van der Waals surface area (Å²) in [7, 11) is 0. The molecule has 21 heavy (non-hydrogen) atoms. The van der Waals surface area contributed by atoms with E-state index in [-0.39, 0.29) is 11.8 Å². The van der Waals surface area contributed by atoms with Gasteiger partial charge in [-0.2, -0.15) is 5.10 Å². The van der Waals surface area contributed by atoms with Crippen LogP contribution in [0.3, 0.4) is 0 Å². The molecule has 1 fully saturated rings. The van der Waals surface area contributed by atoms with Gasteiger partial charge in [-0.3, -0.25) is 9.78 Å². The number of carbonyl (C=O) groups excluding carboxylic acids is 1. The second-order valence-corrected chi connectivity index (χ2v) is 5.09. The first-order valence-corrected chi connectivity index (χ1v) is 7.02. The number of amides is 1. The lowest BCUT2D eigenvalue weighted by Crippen LogP contribution is -2.32. The lowest BCUT2D eigenvalue weighted by Gasteiger charge is -2.16. The van der Waals surface area contributed by atoms with Crippen molar-refractivity contribution < 1.29 is 4.79 Å². The molecule has 0 unspecified atom stereocenters. The molecular weight excluding hydrogens is 266 g/mol. The largest absolute Gasteiger partial charge is 0.354 e. The van der Waals surface area contributed by atoms with Crippen LogP contribution in [0.4, 0.5) is 5.82 Å². The molecule has 0 aromatic carbocycles. The van der Waals surface area contributed by atoms with Gasteiger partial charge in [-0.1, -0.05) is 6.07 Å². The quantitative estimate of drug-likeness (QED) is 0.907. The molecular formula is C15H17N5O. The monoisotopic (exact) mass is 283 g/mol. The summed E-state index contributed by atoms with van der Waals surface area (Å²) in [5, 5.41) is 10.9. The van der Waals surface area contributed by atoms with Crippen LogP contribution >= 0.6 is 0 Å². The maximum Gasteiger partial charge on any atom is 0.225 e. The van der Waals surface area contributed by atoms with Crippen LogP contribution in [0.2, 0.25) is 0 Å². The van der Waals surface area contributed by atoms with E-state index in [1.54, 1.807) is 18.6 Å². The van der Waals surface area contributed by atoms with Gasteiger partial charge in [0.25, 0.3) is 0 Å². The highest BCUT2D eigenvalue weighted by Gasteiger charge is 2.28. The zero-order valence-electron chi connectivity index (χ0n) is 11.6. The average molecular weight is 283 g/mol. The highest BCUT2D eigenvalue weighted by molar-refractivity contribution is 5.80. The Kier molecular flexibility index (Phi) is 4.04. The number of hydrogen-bond acceptors (Lipinski definition) is 5. The molecule has 1 aliphatic rings. The van der Waals surface area contributed by atoms with Crippen LogP contribution in [0, 0.1) is 5.92 Å². The second kappa shape index (κ2) is 6.30. The van der Waals surface area contributed by atoms with Crippen molar-refractivity contribution in [2.45, 2.75) is 13.0 Å². The first kappa shape index (κ1) is 13.5. The number of anilines is 1. The number of nitrogens with zero attached hydrogens (tertiary/aromatic N) is 4. The van der Waals surface area contributed by atoms with Crippen molar-refractivity contribution in [3.8, 4) is 0 Å². The van der Waals surface area contributed by atoms with Gasteiger partial charge in [-0.25, -0.2) is 0 Å². The third-order valence-corrected chi connectivity index (χ3v) is 3.63. The molecule has 0 bridgehead atoms. The first-order chi connectivity index (χ1) is 10.3. The number of aromatic nitrogens is 3. The van der Waals surface area contributed by atoms with Crippen molar-refractivity contribution in [2.24, 2.45) is 5.92 Å². The van der Waals surface area contributed by atoms with E-state index in [0.717, 1.165) is 24.3 Å². The SMILES string of the molecule is O=C(NCc1cccnc1)[C@@H]1CCN(c2cccnn2)C1. The molecule has 6 heteroatoms. The Morgan fingerprint density at radius 1 is 1.33 bits per heavy atom. The van der Waals surface area contributed by atoms with Crippen LogP contribution in [0.15, 0.2) is 42.9 Å². The van der Waals surface area contributed by atoms with Gasteiger partial charge in [0.05, 0.1) is 5.92 Å². The summed E-state index contributed by atoms with van der Waals surface area (Å²) in [6, 6.07) is 7.60. The van der Waals surface area contributed by atoms with Gasteiger partial charge in [0.1, 0.15) is 0 Å². The predicted molar refractivity (Wildman–Crippen MR) is 78.4 cm³/mol. The second-order valence-electron chi connectivity index (χ2n) is 5.09. The standard InChI is InChI=1S/C15H17N5O/c21-15(17-10-12-3-1-6-16-9-12)13-5-8-20(11-13)14-4-2-7-18-19-14/h1-4,6-7,9,13H,5,8,10-11H2,(H,17,21)/t13-/m1/s1. The molecule has 1 atom stereocenters. The van der Waals surface area contributed by atoms with Crippen LogP contribution in [0.1, 0.15) is 12.0 Å². The van der Waals surface area contributed by atoms with Gasteiger partial charge in [0, 0.05) is 38.2 Å². The Balaban J connectivity index is 1.53. The number of hydrogen-bond donors (Lipinski definition) is 1. The number of nitrogens with one attached hydrogen (secondary N) is 1. The van der Waals surface area contributed by atoms with Crippen molar-refractivity contribution in [1.29, 1.82) is 0 Å². The van der Waals surface area contributed by atoms with Crippen molar-refractivity contribution in [3.63, 3.8) is 0 Å². The molecule has 1 N–H and O–H groups in total. The van der Waals surface area contributed by atoms with Crippen molar-refractivity contribution in [1.82, 2.24) is 20.5 Å². The topological polar surface area (TPSA) is 71.0 Å². The van der Waals surface area contributed by atoms with Gasteiger partial charge in [0.15, 0.2) is 5.82 Å². The molecule has 0 radical (unpaired) electrons. The summed E-state index contributed by atoms with van der Waals surface area (Å²) in [6.07, 6.45) is 5.98. The zero-order valence-corrected chi connectivity index (χ0v) is 11.6. The van der Waals surface area contributed by atoms with E-state index in [1.165, 1.54) is 0 Å². The Morgan fingerprint density at radius 3 is 3.00 bits per heavy atom.